The predicted octanol–water partition coefficient (Wildman–Crippen LogP) is 4.60. The number of aliphatic hydroxyl groups is 2. The summed E-state index contributed by atoms with van der Waals surface area (Å²) in [6, 6.07) is 0. The van der Waals surface area contributed by atoms with Crippen LogP contribution in [0.5, 0.6) is 0 Å². The van der Waals surface area contributed by atoms with Gasteiger partial charge in [-0.2, -0.15) is 12.6 Å². The van der Waals surface area contributed by atoms with Gasteiger partial charge in [0.1, 0.15) is 11.4 Å². The molecule has 7 heteroatoms. The van der Waals surface area contributed by atoms with Crippen LogP contribution in [0.2, 0.25) is 0 Å². The van der Waals surface area contributed by atoms with E-state index in [2.05, 4.69) is 34.6 Å². The molecule has 2 fully saturated rings. The van der Waals surface area contributed by atoms with E-state index in [4.69, 9.17) is 26.8 Å². The van der Waals surface area contributed by atoms with Crippen molar-refractivity contribution in [1.82, 2.24) is 0 Å². The minimum absolute atomic E-state index is 0.0370. The average molecular weight is 489 g/mol. The Morgan fingerprint density at radius 2 is 1.73 bits per heavy atom. The highest BCUT2D eigenvalue weighted by Gasteiger charge is 2.46. The first-order valence-electron chi connectivity index (χ1n) is 12.8. The lowest BCUT2D eigenvalue weighted by Crippen LogP contribution is -2.52. The molecular weight excluding hydrogens is 440 g/mol. The van der Waals surface area contributed by atoms with Crippen LogP contribution in [-0.2, 0) is 19.0 Å². The third-order valence-corrected chi connectivity index (χ3v) is 8.58. The minimum atomic E-state index is -0.763. The van der Waals surface area contributed by atoms with Crippen LogP contribution in [0.4, 0.5) is 0 Å². The number of hydrogen-bond acceptors (Lipinski definition) is 7. The lowest BCUT2D eigenvalue weighted by atomic mass is 9.74. The summed E-state index contributed by atoms with van der Waals surface area (Å²) >= 11 is 4.69. The monoisotopic (exact) mass is 488 g/mol. The first-order chi connectivity index (χ1) is 15.3. The van der Waals surface area contributed by atoms with Crippen molar-refractivity contribution in [1.29, 1.82) is 0 Å². The van der Waals surface area contributed by atoms with Crippen LogP contribution < -0.4 is 0 Å². The van der Waals surface area contributed by atoms with E-state index in [1.807, 2.05) is 20.8 Å². The molecule has 2 rings (SSSR count). The Balaban J connectivity index is 2.28. The Kier molecular flexibility index (Phi) is 10.6. The van der Waals surface area contributed by atoms with E-state index >= 15 is 0 Å². The normalized spacial score (nSPS) is 46.4. The SMILES string of the molecule is CCC1(C)CC(O[C@H]2C(C)CC(C)CC(C)C(O)CC(C(C)C)OC(=O)[C@@H]2S)OC(C)C1O. The molecule has 0 aliphatic carbocycles. The van der Waals surface area contributed by atoms with E-state index in [1.165, 1.54) is 0 Å². The zero-order chi connectivity index (χ0) is 25.1. The van der Waals surface area contributed by atoms with Crippen LogP contribution in [0, 0.1) is 29.1 Å². The molecule has 0 saturated carbocycles. The van der Waals surface area contributed by atoms with Crippen LogP contribution in [0.25, 0.3) is 0 Å². The van der Waals surface area contributed by atoms with Gasteiger partial charge in [0.25, 0.3) is 0 Å². The minimum Gasteiger partial charge on any atom is -0.461 e. The quantitative estimate of drug-likeness (QED) is 0.396. The van der Waals surface area contributed by atoms with Gasteiger partial charge in [0.2, 0.25) is 0 Å². The number of esters is 1. The van der Waals surface area contributed by atoms with Crippen LogP contribution in [0.15, 0.2) is 0 Å². The zero-order valence-corrected chi connectivity index (χ0v) is 22.8. The first-order valence-corrected chi connectivity index (χ1v) is 13.4. The molecule has 9 unspecified atom stereocenters. The van der Waals surface area contributed by atoms with Gasteiger partial charge >= 0.3 is 5.97 Å². The number of aliphatic hydroxyl groups excluding tert-OH is 2. The molecule has 2 N–H and O–H groups in total. The standard InChI is InChI=1S/C26H48O6S/c1-9-26(8)13-21(30-18(7)24(26)28)32-22-17(6)11-15(4)10-16(5)19(27)12-20(14(2)3)31-25(29)23(22)33/h14-24,27-28,33H,9-13H2,1-8H3/t15?,16?,17?,18?,19?,20?,21?,22-,23+,24?,26?/m0/s1. The fourth-order valence-electron chi connectivity index (χ4n) is 5.50. The second kappa shape index (κ2) is 12.1. The molecule has 194 valence electrons. The van der Waals surface area contributed by atoms with Crippen LogP contribution in [-0.4, -0.2) is 58.2 Å². The van der Waals surface area contributed by atoms with Crippen LogP contribution in [0.1, 0.15) is 87.5 Å². The molecule has 11 atom stereocenters. The molecule has 2 aliphatic rings. The molecule has 2 heterocycles. The number of ether oxygens (including phenoxy) is 3. The van der Waals surface area contributed by atoms with Crippen molar-refractivity contribution in [3.05, 3.63) is 0 Å². The van der Waals surface area contributed by atoms with Gasteiger partial charge in [0.05, 0.1) is 24.4 Å². The maximum Gasteiger partial charge on any atom is 0.321 e. The van der Waals surface area contributed by atoms with Crippen molar-refractivity contribution in [3.8, 4) is 0 Å². The van der Waals surface area contributed by atoms with Crippen molar-refractivity contribution in [3.63, 3.8) is 0 Å². The summed E-state index contributed by atoms with van der Waals surface area (Å²) in [7, 11) is 0. The van der Waals surface area contributed by atoms with Crippen LogP contribution >= 0.6 is 12.6 Å². The third-order valence-electron chi connectivity index (χ3n) is 8.08. The Morgan fingerprint density at radius 1 is 1.12 bits per heavy atom. The van der Waals surface area contributed by atoms with Crippen molar-refractivity contribution in [2.24, 2.45) is 29.1 Å². The van der Waals surface area contributed by atoms with E-state index in [-0.39, 0.29) is 35.4 Å². The van der Waals surface area contributed by atoms with Gasteiger partial charge in [-0.3, -0.25) is 4.79 Å². The van der Waals surface area contributed by atoms with Crippen molar-refractivity contribution in [2.75, 3.05) is 0 Å². The molecule has 0 aromatic rings. The van der Waals surface area contributed by atoms with E-state index < -0.39 is 35.8 Å². The summed E-state index contributed by atoms with van der Waals surface area (Å²) in [6.45, 7) is 16.4. The Labute approximate surface area is 206 Å². The number of carbonyl (C=O) groups excluding carboxylic acids is 1. The number of hydrogen-bond donors (Lipinski definition) is 3. The van der Waals surface area contributed by atoms with Gasteiger partial charge in [0, 0.05) is 18.3 Å². The number of carbonyl (C=O) groups is 1. The molecule has 0 radical (unpaired) electrons. The highest BCUT2D eigenvalue weighted by Crippen LogP contribution is 2.41. The molecule has 2 saturated heterocycles. The Bertz CT molecular complexity index is 630. The maximum absolute atomic E-state index is 13.2. The fraction of sp³-hybridized carbons (Fsp3) is 0.962. The number of thiol groups is 1. The Hall–Kier alpha value is -0.340. The summed E-state index contributed by atoms with van der Waals surface area (Å²) in [5.74, 6) is 0.187. The predicted molar refractivity (Wildman–Crippen MR) is 133 cm³/mol. The van der Waals surface area contributed by atoms with Crippen molar-refractivity contribution < 1.29 is 29.2 Å². The smallest absolute Gasteiger partial charge is 0.321 e. The zero-order valence-electron chi connectivity index (χ0n) is 21.9. The molecule has 6 nitrogen and oxygen atoms in total. The van der Waals surface area contributed by atoms with Gasteiger partial charge in [-0.1, -0.05) is 48.5 Å². The van der Waals surface area contributed by atoms with Crippen molar-refractivity contribution >= 4 is 18.6 Å². The first kappa shape index (κ1) is 28.9. The summed E-state index contributed by atoms with van der Waals surface area (Å²) < 4.78 is 18.4. The summed E-state index contributed by atoms with van der Waals surface area (Å²) in [5, 5.41) is 20.6. The average Bonchev–Trinajstić information content (AvgIpc) is 2.73. The third kappa shape index (κ3) is 7.33. The molecule has 0 bridgehead atoms. The summed E-state index contributed by atoms with van der Waals surface area (Å²) in [5.41, 5.74) is -0.314. The summed E-state index contributed by atoms with van der Waals surface area (Å²) in [4.78, 5) is 13.2. The number of cyclic esters (lactones) is 1. The fourth-order valence-corrected chi connectivity index (χ4v) is 5.92. The van der Waals surface area contributed by atoms with Gasteiger partial charge in [-0.05, 0) is 49.9 Å². The summed E-state index contributed by atoms with van der Waals surface area (Å²) in [6.07, 6.45) is 0.721. The van der Waals surface area contributed by atoms with E-state index in [0.29, 0.717) is 18.8 Å². The lowest BCUT2D eigenvalue weighted by molar-refractivity contribution is -0.273. The second-order valence-corrected chi connectivity index (χ2v) is 12.1. The highest BCUT2D eigenvalue weighted by atomic mass is 32.1. The van der Waals surface area contributed by atoms with Gasteiger partial charge in [-0.15, -0.1) is 0 Å². The second-order valence-electron chi connectivity index (χ2n) is 11.5. The van der Waals surface area contributed by atoms with Crippen molar-refractivity contribution in [2.45, 2.75) is 130 Å². The molecular formula is C26H48O6S. The van der Waals surface area contributed by atoms with E-state index in [9.17, 15) is 15.0 Å². The number of rotatable bonds is 4. The lowest BCUT2D eigenvalue weighted by Gasteiger charge is -2.46. The highest BCUT2D eigenvalue weighted by molar-refractivity contribution is 7.81. The van der Waals surface area contributed by atoms with Gasteiger partial charge in [0.15, 0.2) is 6.29 Å². The molecule has 0 aromatic carbocycles. The van der Waals surface area contributed by atoms with Gasteiger partial charge < -0.3 is 24.4 Å². The Morgan fingerprint density at radius 3 is 2.30 bits per heavy atom. The van der Waals surface area contributed by atoms with Gasteiger partial charge in [-0.25, -0.2) is 0 Å². The van der Waals surface area contributed by atoms with E-state index in [1.54, 1.807) is 0 Å². The maximum atomic E-state index is 13.2. The topological polar surface area (TPSA) is 85.2 Å². The molecule has 0 amide bonds. The molecule has 2 aliphatic heterocycles. The molecule has 0 aromatic heterocycles. The largest absolute Gasteiger partial charge is 0.461 e. The van der Waals surface area contributed by atoms with E-state index in [0.717, 1.165) is 19.3 Å². The van der Waals surface area contributed by atoms with Crippen LogP contribution in [0.3, 0.4) is 0 Å². The molecule has 0 spiro atoms. The molecule has 33 heavy (non-hydrogen) atoms.